The molecule has 2 nitrogen and oxygen atoms in total. The molecule has 4 N–H and O–H groups in total. The van der Waals surface area contributed by atoms with Gasteiger partial charge in [0.2, 0.25) is 0 Å². The van der Waals surface area contributed by atoms with Gasteiger partial charge in [0.25, 0.3) is 0 Å². The zero-order chi connectivity index (χ0) is 11.7. The van der Waals surface area contributed by atoms with E-state index in [0.29, 0.717) is 0 Å². The Balaban J connectivity index is 3.52. The number of hydrogen-bond acceptors (Lipinski definition) is 2. The average molecular weight is 222 g/mol. The molecule has 0 aliphatic rings. The van der Waals surface area contributed by atoms with Gasteiger partial charge >= 0.3 is 0 Å². The molecule has 6 heteroatoms. The molecule has 0 fully saturated rings. The molecule has 0 radical (unpaired) electrons. The van der Waals surface area contributed by atoms with Crippen LogP contribution >= 0.6 is 0 Å². The summed E-state index contributed by atoms with van der Waals surface area (Å²) in [5.41, 5.74) is 8.76. The van der Waals surface area contributed by atoms with Crippen LogP contribution in [0.2, 0.25) is 0 Å². The first-order valence-electron chi connectivity index (χ1n) is 4.19. The molecule has 0 bridgehead atoms. The maximum Gasteiger partial charge on any atom is 0.167 e. The number of hydrogen-bond donors (Lipinski definition) is 2. The van der Waals surface area contributed by atoms with E-state index in [0.717, 1.165) is 6.92 Å². The minimum atomic E-state index is -1.48. The van der Waals surface area contributed by atoms with Crippen LogP contribution in [0.15, 0.2) is 0 Å². The molecule has 1 aromatic carbocycles. The van der Waals surface area contributed by atoms with Gasteiger partial charge in [0.05, 0.1) is 0 Å². The van der Waals surface area contributed by atoms with Gasteiger partial charge in [0.15, 0.2) is 23.3 Å². The molecule has 15 heavy (non-hydrogen) atoms. The fourth-order valence-electron chi connectivity index (χ4n) is 1.20. The summed E-state index contributed by atoms with van der Waals surface area (Å²) < 4.78 is 52.5. The highest BCUT2D eigenvalue weighted by atomic mass is 19.2. The molecule has 84 valence electrons. The average Bonchev–Trinajstić information content (AvgIpc) is 2.23. The second-order valence-electron chi connectivity index (χ2n) is 3.14. The first kappa shape index (κ1) is 11.9. The molecule has 0 aliphatic carbocycles. The van der Waals surface area contributed by atoms with E-state index >= 15 is 0 Å². The van der Waals surface area contributed by atoms with Gasteiger partial charge in [-0.3, -0.25) is 0 Å². The summed E-state index contributed by atoms with van der Waals surface area (Å²) in [5, 5.41) is 0. The minimum Gasteiger partial charge on any atom is -0.329 e. The fraction of sp³-hybridized carbons (Fsp3) is 0.333. The number of rotatable bonds is 2. The van der Waals surface area contributed by atoms with Crippen LogP contribution < -0.4 is 11.5 Å². The van der Waals surface area contributed by atoms with Crippen LogP contribution in [0.5, 0.6) is 0 Å². The Morgan fingerprint density at radius 2 is 1.40 bits per heavy atom. The zero-order valence-corrected chi connectivity index (χ0v) is 7.95. The van der Waals surface area contributed by atoms with Gasteiger partial charge in [0, 0.05) is 23.7 Å². The Hall–Kier alpha value is -1.14. The van der Waals surface area contributed by atoms with Crippen molar-refractivity contribution >= 4 is 0 Å². The van der Waals surface area contributed by atoms with Crippen LogP contribution in [-0.2, 0) is 0 Å². The van der Waals surface area contributed by atoms with E-state index in [1.54, 1.807) is 0 Å². The third-order valence-electron chi connectivity index (χ3n) is 2.14. The highest BCUT2D eigenvalue weighted by molar-refractivity contribution is 5.31. The monoisotopic (exact) mass is 222 g/mol. The normalized spacial score (nSPS) is 13.0. The molecular weight excluding hydrogens is 212 g/mol. The maximum atomic E-state index is 13.2. The van der Waals surface area contributed by atoms with Crippen LogP contribution in [-0.4, -0.2) is 6.54 Å². The van der Waals surface area contributed by atoms with Crippen molar-refractivity contribution in [2.45, 2.75) is 13.0 Å². The van der Waals surface area contributed by atoms with E-state index in [1.807, 2.05) is 0 Å². The van der Waals surface area contributed by atoms with Crippen LogP contribution in [0.25, 0.3) is 0 Å². The molecule has 0 unspecified atom stereocenters. The first-order chi connectivity index (χ1) is 6.91. The Morgan fingerprint density at radius 1 is 1.00 bits per heavy atom. The molecule has 1 atom stereocenters. The van der Waals surface area contributed by atoms with Crippen molar-refractivity contribution in [3.05, 3.63) is 34.4 Å². The lowest BCUT2D eigenvalue weighted by Gasteiger charge is -2.14. The third-order valence-corrected chi connectivity index (χ3v) is 2.14. The molecule has 0 aliphatic heterocycles. The predicted molar refractivity (Wildman–Crippen MR) is 47.0 cm³/mol. The van der Waals surface area contributed by atoms with Crippen LogP contribution in [0.3, 0.4) is 0 Å². The summed E-state index contributed by atoms with van der Waals surface area (Å²) in [7, 11) is 0. The molecule has 1 aromatic rings. The SMILES string of the molecule is Cc1c(F)c(F)c([C@@H](N)CN)c(F)c1F. The lowest BCUT2D eigenvalue weighted by Crippen LogP contribution is -2.24. The summed E-state index contributed by atoms with van der Waals surface area (Å²) in [4.78, 5) is 0. The second kappa shape index (κ2) is 4.16. The minimum absolute atomic E-state index is 0.310. The van der Waals surface area contributed by atoms with E-state index in [2.05, 4.69) is 0 Å². The van der Waals surface area contributed by atoms with Crippen molar-refractivity contribution in [3.8, 4) is 0 Å². The van der Waals surface area contributed by atoms with Gasteiger partial charge in [-0.2, -0.15) is 0 Å². The Kier molecular flexibility index (Phi) is 3.31. The van der Waals surface area contributed by atoms with Gasteiger partial charge in [-0.1, -0.05) is 0 Å². The summed E-state index contributed by atoms with van der Waals surface area (Å²) >= 11 is 0. The van der Waals surface area contributed by atoms with Crippen molar-refractivity contribution in [2.24, 2.45) is 11.5 Å². The van der Waals surface area contributed by atoms with Crippen LogP contribution in [0.1, 0.15) is 17.2 Å². The first-order valence-corrected chi connectivity index (χ1v) is 4.19. The molecule has 0 aromatic heterocycles. The van der Waals surface area contributed by atoms with Gasteiger partial charge in [-0.05, 0) is 6.92 Å². The van der Waals surface area contributed by atoms with Crippen molar-refractivity contribution in [1.82, 2.24) is 0 Å². The van der Waals surface area contributed by atoms with Crippen molar-refractivity contribution < 1.29 is 17.6 Å². The molecule has 0 saturated heterocycles. The van der Waals surface area contributed by atoms with Crippen molar-refractivity contribution in [3.63, 3.8) is 0 Å². The van der Waals surface area contributed by atoms with Crippen molar-refractivity contribution in [2.75, 3.05) is 6.54 Å². The number of nitrogens with two attached hydrogens (primary N) is 2. The molecule has 1 rings (SSSR count). The largest absolute Gasteiger partial charge is 0.329 e. The van der Waals surface area contributed by atoms with E-state index < -0.39 is 40.4 Å². The predicted octanol–water partition coefficient (Wildman–Crippen LogP) is 1.51. The van der Waals surface area contributed by atoms with Crippen molar-refractivity contribution in [1.29, 1.82) is 0 Å². The van der Waals surface area contributed by atoms with E-state index in [1.165, 1.54) is 0 Å². The quantitative estimate of drug-likeness (QED) is 0.588. The molecule has 0 saturated carbocycles. The second-order valence-corrected chi connectivity index (χ2v) is 3.14. The topological polar surface area (TPSA) is 52.0 Å². The van der Waals surface area contributed by atoms with E-state index in [-0.39, 0.29) is 6.54 Å². The lowest BCUT2D eigenvalue weighted by atomic mass is 10.0. The van der Waals surface area contributed by atoms with Gasteiger partial charge in [-0.25, -0.2) is 17.6 Å². The summed E-state index contributed by atoms with van der Waals surface area (Å²) in [6.45, 7) is 0.629. The van der Waals surface area contributed by atoms with Crippen LogP contribution in [0.4, 0.5) is 17.6 Å². The van der Waals surface area contributed by atoms with Gasteiger partial charge in [0.1, 0.15) is 0 Å². The molecular formula is C9H10F4N2. The Morgan fingerprint density at radius 3 is 1.73 bits per heavy atom. The van der Waals surface area contributed by atoms with E-state index in [9.17, 15) is 17.6 Å². The Bertz CT molecular complexity index is 363. The highest BCUT2D eigenvalue weighted by Gasteiger charge is 2.25. The summed E-state index contributed by atoms with van der Waals surface area (Å²) in [6, 6.07) is -1.27. The fourth-order valence-corrected chi connectivity index (χ4v) is 1.20. The molecule has 0 spiro atoms. The standard InChI is InChI=1S/C9H10F4N2/c1-3-6(10)8(12)5(4(15)2-14)9(13)7(3)11/h4H,2,14-15H2,1H3/t4-/m0/s1. The maximum absolute atomic E-state index is 13.2. The molecule has 0 heterocycles. The van der Waals surface area contributed by atoms with Gasteiger partial charge in [-0.15, -0.1) is 0 Å². The van der Waals surface area contributed by atoms with E-state index in [4.69, 9.17) is 11.5 Å². The third kappa shape index (κ3) is 1.82. The highest BCUT2D eigenvalue weighted by Crippen LogP contribution is 2.26. The zero-order valence-electron chi connectivity index (χ0n) is 7.95. The smallest absolute Gasteiger partial charge is 0.167 e. The number of halogens is 4. The van der Waals surface area contributed by atoms with Gasteiger partial charge < -0.3 is 11.5 Å². The summed E-state index contributed by atoms with van der Waals surface area (Å²) in [6.07, 6.45) is 0. The molecule has 0 amide bonds. The summed E-state index contributed by atoms with van der Waals surface area (Å²) in [5.74, 6) is -5.84. The lowest BCUT2D eigenvalue weighted by molar-refractivity contribution is 0.420. The van der Waals surface area contributed by atoms with Crippen LogP contribution in [0, 0.1) is 30.2 Å². The number of benzene rings is 1. The Labute approximate surface area is 83.9 Å².